The molecule has 1 atom stereocenters. The van der Waals surface area contributed by atoms with E-state index in [1.165, 1.54) is 44.5 Å². The van der Waals surface area contributed by atoms with Crippen LogP contribution in [-0.4, -0.2) is 39.2 Å². The summed E-state index contributed by atoms with van der Waals surface area (Å²) in [4.78, 5) is 4.66. The van der Waals surface area contributed by atoms with E-state index in [1.807, 2.05) is 30.3 Å². The molecule has 310 valence electrons. The van der Waals surface area contributed by atoms with Gasteiger partial charge in [0.05, 0.1) is 5.41 Å². The number of nitrogens with zero attached hydrogens (tertiary/aromatic N) is 2. The van der Waals surface area contributed by atoms with E-state index in [2.05, 4.69) is 192 Å². The number of furan rings is 1. The highest BCUT2D eigenvalue weighted by molar-refractivity contribution is 6.68. The van der Waals surface area contributed by atoms with Crippen LogP contribution in [0.1, 0.15) is 22.3 Å². The monoisotopic (exact) mass is 866 g/mol. The fraction of sp³-hybridized carbons (Fsp3) is 0.0164. The maximum atomic E-state index is 6.59. The second kappa shape index (κ2) is 15.8. The van der Waals surface area contributed by atoms with E-state index in [1.54, 1.807) is 0 Å². The number of anilines is 6. The lowest BCUT2D eigenvalue weighted by molar-refractivity contribution is 0.669. The van der Waals surface area contributed by atoms with Crippen LogP contribution >= 0.6 is 0 Å². The van der Waals surface area contributed by atoms with Crippen molar-refractivity contribution in [3.05, 3.63) is 235 Å². The Balaban J connectivity index is 1.05. The fourth-order valence-electron chi connectivity index (χ4n) is 11.2. The van der Waals surface area contributed by atoms with Gasteiger partial charge in [-0.3, -0.25) is 0 Å². The Hall–Kier alpha value is -8.08. The average Bonchev–Trinajstić information content (AvgIpc) is 4.02. The number of benzene rings is 10. The van der Waals surface area contributed by atoms with Gasteiger partial charge in [0.1, 0.15) is 50.4 Å². The number of fused-ring (bicyclic) bond motifs is 13. The first kappa shape index (κ1) is 41.1. The van der Waals surface area contributed by atoms with Crippen LogP contribution in [-0.2, 0) is 5.41 Å². The zero-order valence-electron chi connectivity index (χ0n) is 37.4. The predicted octanol–water partition coefficient (Wildman–Crippen LogP) is 10.5. The van der Waals surface area contributed by atoms with Crippen LogP contribution < -0.4 is 37.1 Å². The van der Waals surface area contributed by atoms with Gasteiger partial charge in [0.2, 0.25) is 0 Å². The van der Waals surface area contributed by atoms with Crippen molar-refractivity contribution in [2.24, 2.45) is 0 Å². The fourth-order valence-corrected chi connectivity index (χ4v) is 11.2. The predicted molar refractivity (Wildman–Crippen MR) is 292 cm³/mol. The average molecular weight is 866 g/mol. The van der Waals surface area contributed by atoms with Gasteiger partial charge in [0, 0.05) is 44.9 Å². The molecule has 0 fully saturated rings. The van der Waals surface area contributed by atoms with Gasteiger partial charge in [-0.05, 0) is 141 Å². The standard InChI is InChI=1S/C61H35B5N2O/c62-56-55(57(63)59(65)60(66)58(56)64)36-23-25-39(26-24-36)68(40-29-32-54-48(33-40)47-19-9-12-22-53(47)69-54)42-28-31-46-44-18-8-11-21-50(44)61(52(46)35-42)49-20-10-7-17-43(49)45-30-27-41(34-51(45)61)67(37-13-3-1-4-14-37)38-15-5-2-6-16-38/h1-35H. The molecule has 0 aliphatic heterocycles. The number of hydrogen-bond donors (Lipinski definition) is 0. The van der Waals surface area contributed by atoms with Gasteiger partial charge >= 0.3 is 0 Å². The quantitative estimate of drug-likeness (QED) is 0.149. The summed E-state index contributed by atoms with van der Waals surface area (Å²) in [6.45, 7) is 0. The van der Waals surface area contributed by atoms with Gasteiger partial charge in [-0.15, -0.1) is 16.4 Å². The molecule has 2 aliphatic carbocycles. The summed E-state index contributed by atoms with van der Waals surface area (Å²) < 4.78 is 6.35. The van der Waals surface area contributed by atoms with E-state index in [0.717, 1.165) is 61.6 Å². The smallest absolute Gasteiger partial charge is 0.135 e. The van der Waals surface area contributed by atoms with Crippen LogP contribution in [0.3, 0.4) is 0 Å². The molecule has 13 rings (SSSR count). The van der Waals surface area contributed by atoms with Gasteiger partial charge in [0.25, 0.3) is 0 Å². The van der Waals surface area contributed by atoms with Crippen molar-refractivity contribution in [2.45, 2.75) is 5.41 Å². The molecule has 1 heterocycles. The lowest BCUT2D eigenvalue weighted by atomic mass is 9.60. The Kier molecular flexibility index (Phi) is 9.39. The topological polar surface area (TPSA) is 19.6 Å². The van der Waals surface area contributed by atoms with Crippen molar-refractivity contribution in [3.8, 4) is 33.4 Å². The summed E-state index contributed by atoms with van der Waals surface area (Å²) in [6, 6.07) is 75.8. The summed E-state index contributed by atoms with van der Waals surface area (Å²) >= 11 is 0. The minimum Gasteiger partial charge on any atom is -0.456 e. The van der Waals surface area contributed by atoms with Gasteiger partial charge in [-0.25, -0.2) is 0 Å². The van der Waals surface area contributed by atoms with E-state index in [-0.39, 0.29) is 16.4 Å². The molecule has 0 bridgehead atoms. The molecule has 8 heteroatoms. The minimum atomic E-state index is -0.646. The normalized spacial score (nSPS) is 14.1. The molecule has 0 saturated heterocycles. The molecular weight excluding hydrogens is 831 g/mol. The number of para-hydroxylation sites is 3. The lowest BCUT2D eigenvalue weighted by Gasteiger charge is -2.33. The lowest BCUT2D eigenvalue weighted by Crippen LogP contribution is -2.55. The van der Waals surface area contributed by atoms with Gasteiger partial charge in [-0.2, -0.15) is 0 Å². The molecule has 1 unspecified atom stereocenters. The zero-order valence-corrected chi connectivity index (χ0v) is 37.4. The van der Waals surface area contributed by atoms with E-state index in [4.69, 9.17) is 43.6 Å². The van der Waals surface area contributed by atoms with Crippen LogP contribution in [0.4, 0.5) is 34.1 Å². The second-order valence-corrected chi connectivity index (χ2v) is 17.9. The van der Waals surface area contributed by atoms with Crippen LogP contribution in [0, 0.1) is 0 Å². The summed E-state index contributed by atoms with van der Waals surface area (Å²) in [7, 11) is 32.1. The van der Waals surface area contributed by atoms with Crippen molar-refractivity contribution >= 4 is 123 Å². The third-order valence-corrected chi connectivity index (χ3v) is 14.3. The summed E-state index contributed by atoms with van der Waals surface area (Å²) in [5, 5.41) is 2.07. The zero-order chi connectivity index (χ0) is 46.5. The van der Waals surface area contributed by atoms with Crippen molar-refractivity contribution in [1.82, 2.24) is 0 Å². The second-order valence-electron chi connectivity index (χ2n) is 17.9. The highest BCUT2D eigenvalue weighted by Gasteiger charge is 2.52. The first-order chi connectivity index (χ1) is 33.8. The molecule has 1 aromatic heterocycles. The molecule has 69 heavy (non-hydrogen) atoms. The largest absolute Gasteiger partial charge is 0.456 e. The number of rotatable bonds is 7. The maximum absolute atomic E-state index is 6.59. The van der Waals surface area contributed by atoms with Crippen LogP contribution in [0.2, 0.25) is 0 Å². The Morgan fingerprint density at radius 2 is 0.710 bits per heavy atom. The highest BCUT2D eigenvalue weighted by Crippen LogP contribution is 2.64. The van der Waals surface area contributed by atoms with Crippen LogP contribution in [0.5, 0.6) is 0 Å². The molecule has 10 aromatic carbocycles. The van der Waals surface area contributed by atoms with Crippen molar-refractivity contribution in [3.63, 3.8) is 0 Å². The van der Waals surface area contributed by atoms with Gasteiger partial charge in [-0.1, -0.05) is 138 Å². The van der Waals surface area contributed by atoms with Gasteiger partial charge < -0.3 is 14.2 Å². The summed E-state index contributed by atoms with van der Waals surface area (Å²) in [5.74, 6) is 0. The minimum absolute atomic E-state index is 0.184. The number of hydrogen-bond acceptors (Lipinski definition) is 3. The molecule has 0 saturated carbocycles. The molecule has 1 spiro atoms. The first-order valence-corrected chi connectivity index (χ1v) is 23.0. The summed E-state index contributed by atoms with van der Waals surface area (Å²) in [6.07, 6.45) is 0. The Labute approximate surface area is 408 Å². The van der Waals surface area contributed by atoms with E-state index >= 15 is 0 Å². The third kappa shape index (κ3) is 6.08. The molecule has 10 radical (unpaired) electrons. The Morgan fingerprint density at radius 3 is 1.29 bits per heavy atom. The van der Waals surface area contributed by atoms with E-state index in [0.29, 0.717) is 16.5 Å². The van der Waals surface area contributed by atoms with E-state index in [9.17, 15) is 0 Å². The first-order valence-electron chi connectivity index (χ1n) is 23.0. The molecule has 11 aromatic rings. The van der Waals surface area contributed by atoms with Crippen molar-refractivity contribution in [1.29, 1.82) is 0 Å². The summed E-state index contributed by atoms with van der Waals surface area (Å²) in [5.41, 5.74) is 19.4. The molecule has 0 N–H and O–H groups in total. The Morgan fingerprint density at radius 1 is 0.304 bits per heavy atom. The Bertz CT molecular complexity index is 3790. The van der Waals surface area contributed by atoms with Crippen molar-refractivity contribution in [2.75, 3.05) is 9.80 Å². The highest BCUT2D eigenvalue weighted by atomic mass is 16.3. The van der Waals surface area contributed by atoms with E-state index < -0.39 is 5.41 Å². The SMILES string of the molecule is [B]c1c([B])c([B])c(-c2ccc(N(c3ccc4c(c3)C3(c5ccccc5-c5ccc(N(c6ccccc6)c6ccccc6)cc53)c3ccccc3-4)c3ccc4oc5ccccc5c4c3)cc2)c([B])c1[B]. The maximum Gasteiger partial charge on any atom is 0.135 e. The van der Waals surface area contributed by atoms with Crippen LogP contribution in [0.25, 0.3) is 55.3 Å². The molecule has 3 nitrogen and oxygen atoms in total. The molecule has 0 amide bonds. The molecule has 2 aliphatic rings. The third-order valence-electron chi connectivity index (χ3n) is 14.3. The van der Waals surface area contributed by atoms with Gasteiger partial charge in [0.15, 0.2) is 0 Å². The van der Waals surface area contributed by atoms with Crippen LogP contribution in [0.15, 0.2) is 217 Å². The molecular formula is C61H35B5N2O. The van der Waals surface area contributed by atoms with Crippen molar-refractivity contribution < 1.29 is 4.42 Å².